The second-order valence-electron chi connectivity index (χ2n) is 18.5. The van der Waals surface area contributed by atoms with Crippen LogP contribution in [0.5, 0.6) is 0 Å². The van der Waals surface area contributed by atoms with Crippen LogP contribution in [0.15, 0.2) is 85.1 Å². The van der Waals surface area contributed by atoms with Crippen molar-refractivity contribution in [1.82, 2.24) is 0 Å². The number of esters is 3. The molecule has 0 aliphatic heterocycles. The lowest BCUT2D eigenvalue weighted by Crippen LogP contribution is -2.30. The number of rotatable bonds is 50. The Morgan fingerprint density at radius 2 is 0.552 bits per heavy atom. The molecule has 0 radical (unpaired) electrons. The SMILES string of the molecule is CCCCC/C=C\C/C=C\C/C=C\C/C=C\CCCC(=O)O[C@H](COC(=O)CCCCCCC/C=C\C/C=C\CCCCC)COC(=O)CCCCCCCCC/C=C\CCCCCCCC. The largest absolute Gasteiger partial charge is 0.462 e. The summed E-state index contributed by atoms with van der Waals surface area (Å²) in [6.45, 7) is 6.53. The number of allylic oxidation sites excluding steroid dienone is 14. The van der Waals surface area contributed by atoms with Crippen molar-refractivity contribution in [2.24, 2.45) is 0 Å². The number of carbonyl (C=O) groups excluding carboxylic acids is 3. The minimum absolute atomic E-state index is 0.105. The van der Waals surface area contributed by atoms with Gasteiger partial charge in [-0.2, -0.15) is 0 Å². The van der Waals surface area contributed by atoms with E-state index >= 15 is 0 Å². The first-order valence-electron chi connectivity index (χ1n) is 28.1. The lowest BCUT2D eigenvalue weighted by Gasteiger charge is -2.18. The van der Waals surface area contributed by atoms with Crippen molar-refractivity contribution >= 4 is 17.9 Å². The van der Waals surface area contributed by atoms with Crippen LogP contribution >= 0.6 is 0 Å². The van der Waals surface area contributed by atoms with Gasteiger partial charge in [0.25, 0.3) is 0 Å². The Morgan fingerprint density at radius 1 is 0.299 bits per heavy atom. The fourth-order valence-electron chi connectivity index (χ4n) is 7.58. The normalized spacial score (nSPS) is 12.7. The van der Waals surface area contributed by atoms with Gasteiger partial charge >= 0.3 is 17.9 Å². The van der Waals surface area contributed by atoms with Crippen molar-refractivity contribution in [2.45, 2.75) is 271 Å². The maximum absolute atomic E-state index is 12.8. The predicted octanol–water partition coefficient (Wildman–Crippen LogP) is 18.8. The minimum Gasteiger partial charge on any atom is -0.462 e. The van der Waals surface area contributed by atoms with Crippen LogP contribution in [0, 0.1) is 0 Å². The Hall–Kier alpha value is -3.41. The predicted molar refractivity (Wildman–Crippen MR) is 288 cm³/mol. The summed E-state index contributed by atoms with van der Waals surface area (Å²) in [5, 5.41) is 0. The van der Waals surface area contributed by atoms with Crippen LogP contribution in [0.25, 0.3) is 0 Å². The van der Waals surface area contributed by atoms with E-state index in [2.05, 4.69) is 106 Å². The molecule has 67 heavy (non-hydrogen) atoms. The van der Waals surface area contributed by atoms with Crippen LogP contribution in [0.3, 0.4) is 0 Å². The Bertz CT molecular complexity index is 1300. The van der Waals surface area contributed by atoms with Crippen molar-refractivity contribution in [3.8, 4) is 0 Å². The highest BCUT2D eigenvalue weighted by Crippen LogP contribution is 2.14. The van der Waals surface area contributed by atoms with Crippen LogP contribution in [0.4, 0.5) is 0 Å². The summed E-state index contributed by atoms with van der Waals surface area (Å²) in [5.74, 6) is -0.977. The summed E-state index contributed by atoms with van der Waals surface area (Å²) in [7, 11) is 0. The molecule has 0 aliphatic carbocycles. The van der Waals surface area contributed by atoms with Crippen LogP contribution in [-0.2, 0) is 28.6 Å². The Kier molecular flexibility index (Phi) is 52.4. The van der Waals surface area contributed by atoms with Gasteiger partial charge in [0.1, 0.15) is 13.2 Å². The van der Waals surface area contributed by atoms with Crippen LogP contribution in [0.2, 0.25) is 0 Å². The number of ether oxygens (including phenoxy) is 3. The fourth-order valence-corrected chi connectivity index (χ4v) is 7.58. The Morgan fingerprint density at radius 3 is 0.925 bits per heavy atom. The van der Waals surface area contributed by atoms with E-state index in [0.717, 1.165) is 89.9 Å². The van der Waals surface area contributed by atoms with E-state index in [1.54, 1.807) is 0 Å². The molecule has 6 heteroatoms. The monoisotopic (exact) mass is 933 g/mol. The van der Waals surface area contributed by atoms with Gasteiger partial charge in [-0.25, -0.2) is 0 Å². The molecule has 6 nitrogen and oxygen atoms in total. The molecule has 0 amide bonds. The van der Waals surface area contributed by atoms with E-state index in [-0.39, 0.29) is 37.5 Å². The molecule has 0 aliphatic rings. The van der Waals surface area contributed by atoms with Gasteiger partial charge in [0, 0.05) is 19.3 Å². The van der Waals surface area contributed by atoms with Gasteiger partial charge in [0.15, 0.2) is 6.10 Å². The molecule has 0 rings (SSSR count). The zero-order chi connectivity index (χ0) is 48.6. The maximum atomic E-state index is 12.8. The Labute approximate surface area is 414 Å². The van der Waals surface area contributed by atoms with Gasteiger partial charge in [0.2, 0.25) is 0 Å². The smallest absolute Gasteiger partial charge is 0.306 e. The van der Waals surface area contributed by atoms with Crippen LogP contribution < -0.4 is 0 Å². The summed E-state index contributed by atoms with van der Waals surface area (Å²) in [6, 6.07) is 0. The van der Waals surface area contributed by atoms with E-state index in [9.17, 15) is 14.4 Å². The lowest BCUT2D eigenvalue weighted by molar-refractivity contribution is -0.167. The average Bonchev–Trinajstić information content (AvgIpc) is 3.33. The third-order valence-electron chi connectivity index (χ3n) is 11.8. The zero-order valence-electron chi connectivity index (χ0n) is 43.9. The van der Waals surface area contributed by atoms with Crippen molar-refractivity contribution in [3.05, 3.63) is 85.1 Å². The second-order valence-corrected chi connectivity index (χ2v) is 18.5. The molecule has 0 aromatic heterocycles. The summed E-state index contributed by atoms with van der Waals surface area (Å²) in [5.41, 5.74) is 0. The van der Waals surface area contributed by atoms with E-state index < -0.39 is 6.10 Å². The highest BCUT2D eigenvalue weighted by Gasteiger charge is 2.19. The van der Waals surface area contributed by atoms with Crippen molar-refractivity contribution < 1.29 is 28.6 Å². The Balaban J connectivity index is 4.50. The molecular weight excluding hydrogens is 829 g/mol. The van der Waals surface area contributed by atoms with Crippen LogP contribution in [-0.4, -0.2) is 37.2 Å². The maximum Gasteiger partial charge on any atom is 0.306 e. The molecule has 0 saturated carbocycles. The van der Waals surface area contributed by atoms with Crippen LogP contribution in [0.1, 0.15) is 265 Å². The summed E-state index contributed by atoms with van der Waals surface area (Å²) >= 11 is 0. The third-order valence-corrected chi connectivity index (χ3v) is 11.8. The van der Waals surface area contributed by atoms with E-state index in [1.807, 2.05) is 0 Å². The quantitative estimate of drug-likeness (QED) is 0.0262. The molecule has 0 saturated heterocycles. The summed E-state index contributed by atoms with van der Waals surface area (Å²) in [4.78, 5) is 38.1. The standard InChI is InChI=1S/C61H104O6/c1-4-7-10-13-16-19-22-25-28-30-33-36-39-42-45-48-51-54-60(63)66-57-58(56-65-59(62)53-50-47-44-41-38-35-32-27-24-21-18-15-12-9-6-3)67-61(64)55-52-49-46-43-40-37-34-31-29-26-23-20-17-14-11-8-5-2/h17-18,20-21,25-29,32,34,37,43,46,58H,4-16,19,22-24,30-31,33,35-36,38-42,44-45,47-57H2,1-3H3/b20-17-,21-18-,28-25-,29-26-,32-27-,37-34-,46-43-/t58-/m1/s1. The van der Waals surface area contributed by atoms with Gasteiger partial charge in [-0.1, -0.05) is 215 Å². The van der Waals surface area contributed by atoms with E-state index in [1.165, 1.54) is 128 Å². The van der Waals surface area contributed by atoms with Gasteiger partial charge in [-0.15, -0.1) is 0 Å². The molecule has 0 aromatic rings. The minimum atomic E-state index is -0.813. The van der Waals surface area contributed by atoms with Gasteiger partial charge in [-0.05, 0) is 116 Å². The number of hydrogen-bond acceptors (Lipinski definition) is 6. The molecule has 0 spiro atoms. The topological polar surface area (TPSA) is 78.9 Å². The fraction of sp³-hybridized carbons (Fsp3) is 0.721. The van der Waals surface area contributed by atoms with Crippen molar-refractivity contribution in [1.29, 1.82) is 0 Å². The molecule has 0 N–H and O–H groups in total. The third kappa shape index (κ3) is 53.4. The molecule has 0 unspecified atom stereocenters. The molecule has 0 aromatic carbocycles. The second kappa shape index (κ2) is 55.2. The molecule has 0 bridgehead atoms. The van der Waals surface area contributed by atoms with Gasteiger partial charge in [0.05, 0.1) is 0 Å². The number of unbranched alkanes of at least 4 members (excludes halogenated alkanes) is 25. The molecule has 0 fully saturated rings. The van der Waals surface area contributed by atoms with Crippen molar-refractivity contribution in [3.63, 3.8) is 0 Å². The van der Waals surface area contributed by atoms with E-state index in [0.29, 0.717) is 19.3 Å². The molecule has 0 heterocycles. The first kappa shape index (κ1) is 63.6. The zero-order valence-corrected chi connectivity index (χ0v) is 43.9. The number of carbonyl (C=O) groups is 3. The number of hydrogen-bond donors (Lipinski definition) is 0. The average molecular weight is 933 g/mol. The first-order chi connectivity index (χ1) is 33.0. The molecular formula is C61H104O6. The molecule has 384 valence electrons. The summed E-state index contributed by atoms with van der Waals surface area (Å²) < 4.78 is 16.8. The molecule has 1 atom stereocenters. The first-order valence-corrected chi connectivity index (χ1v) is 28.1. The summed E-state index contributed by atoms with van der Waals surface area (Å²) in [6.07, 6.45) is 71.4. The van der Waals surface area contributed by atoms with Gasteiger partial charge < -0.3 is 14.2 Å². The highest BCUT2D eigenvalue weighted by molar-refractivity contribution is 5.71. The highest BCUT2D eigenvalue weighted by atomic mass is 16.6. The van der Waals surface area contributed by atoms with Crippen molar-refractivity contribution in [2.75, 3.05) is 13.2 Å². The van der Waals surface area contributed by atoms with E-state index in [4.69, 9.17) is 14.2 Å². The lowest BCUT2D eigenvalue weighted by atomic mass is 10.1. The van der Waals surface area contributed by atoms with Gasteiger partial charge in [-0.3, -0.25) is 14.4 Å².